The molecule has 2 aliphatic heterocycles. The fourth-order valence-corrected chi connectivity index (χ4v) is 5.60. The van der Waals surface area contributed by atoms with Crippen LogP contribution in [0, 0.1) is 0 Å². The molecule has 8 N–H and O–H groups in total. The summed E-state index contributed by atoms with van der Waals surface area (Å²) in [7, 11) is -10.7. The minimum atomic E-state index is -5.33. The Balaban J connectivity index is 1.34. The molecule has 0 spiro atoms. The summed E-state index contributed by atoms with van der Waals surface area (Å²) in [6, 6.07) is 0. The van der Waals surface area contributed by atoms with Crippen molar-refractivity contribution in [2.75, 3.05) is 18.9 Å². The summed E-state index contributed by atoms with van der Waals surface area (Å²) in [5.41, 5.74) is 6.07. The number of halogens is 1. The molecule has 2 aromatic rings. The number of aliphatic hydroxyl groups is 4. The number of alkyl halides is 1. The maximum Gasteiger partial charge on any atom is 0.481 e. The lowest BCUT2D eigenvalue weighted by Gasteiger charge is -2.20. The van der Waals surface area contributed by atoms with Gasteiger partial charge in [-0.05, 0) is 0 Å². The first-order valence-corrected chi connectivity index (χ1v) is 13.0. The molecule has 4 heterocycles. The standard InChI is InChI=1S/C15H22FN5O13P2/c16-7-9(22)5(33-15(7)25)1-30-35(26,27)34-36(28,29)31-2-6-10(23)11(24)14(32-6)21-4-20-8-12(17)18-3-19-13(8)21/h3-7,9-11,14-15,22-25H,1-2H2,(H,26,27)(H,28,29)(H2,17,18,19)/t5-,6-,7+,9-,10-,11-,14-,15+/m1/s1. The Hall–Kier alpha value is -1.70. The van der Waals surface area contributed by atoms with Gasteiger partial charge < -0.3 is 45.4 Å². The fourth-order valence-electron chi connectivity index (χ4n) is 3.51. The monoisotopic (exact) mass is 561 g/mol. The Labute approximate surface area is 200 Å². The number of nitrogen functional groups attached to an aromatic ring is 1. The molecule has 0 aliphatic carbocycles. The first-order valence-electron chi connectivity index (χ1n) is 10.1. The lowest BCUT2D eigenvalue weighted by atomic mass is 10.1. The van der Waals surface area contributed by atoms with Crippen LogP contribution < -0.4 is 5.73 Å². The molecule has 36 heavy (non-hydrogen) atoms. The highest BCUT2D eigenvalue weighted by Gasteiger charge is 2.47. The van der Waals surface area contributed by atoms with Crippen LogP contribution in [0.25, 0.3) is 11.2 Å². The number of hydrogen-bond donors (Lipinski definition) is 7. The van der Waals surface area contributed by atoms with Crippen LogP contribution in [0.15, 0.2) is 12.7 Å². The third-order valence-corrected chi connectivity index (χ3v) is 7.90. The zero-order valence-corrected chi connectivity index (χ0v) is 19.7. The second-order valence-electron chi connectivity index (χ2n) is 7.74. The zero-order chi connectivity index (χ0) is 26.4. The van der Waals surface area contributed by atoms with Gasteiger partial charge in [-0.15, -0.1) is 0 Å². The van der Waals surface area contributed by atoms with Crippen molar-refractivity contribution in [3.63, 3.8) is 0 Å². The molecule has 2 unspecified atom stereocenters. The molecule has 202 valence electrons. The van der Waals surface area contributed by atoms with Crippen molar-refractivity contribution in [2.45, 2.75) is 49.2 Å². The van der Waals surface area contributed by atoms with Gasteiger partial charge >= 0.3 is 15.6 Å². The van der Waals surface area contributed by atoms with Crippen LogP contribution in [0.2, 0.25) is 0 Å². The molecule has 2 saturated heterocycles. The topological polar surface area (TPSA) is 271 Å². The average molecular weight is 561 g/mol. The largest absolute Gasteiger partial charge is 0.481 e. The number of anilines is 1. The van der Waals surface area contributed by atoms with Gasteiger partial charge in [0.25, 0.3) is 0 Å². The van der Waals surface area contributed by atoms with E-state index in [2.05, 4.69) is 33.0 Å². The quantitative estimate of drug-likeness (QED) is 0.158. The second kappa shape index (κ2) is 10.2. The van der Waals surface area contributed by atoms with E-state index in [0.717, 1.165) is 6.33 Å². The molecular weight excluding hydrogens is 539 g/mol. The number of aliphatic hydroxyl groups excluding tert-OH is 4. The van der Waals surface area contributed by atoms with Crippen LogP contribution in [0.5, 0.6) is 0 Å². The van der Waals surface area contributed by atoms with Crippen molar-refractivity contribution in [3.05, 3.63) is 12.7 Å². The minimum Gasteiger partial charge on any atom is -0.387 e. The predicted molar refractivity (Wildman–Crippen MR) is 110 cm³/mol. The van der Waals surface area contributed by atoms with Gasteiger partial charge in [0.2, 0.25) is 0 Å². The molecule has 2 aromatic heterocycles. The summed E-state index contributed by atoms with van der Waals surface area (Å²) >= 11 is 0. The number of phosphoric acid groups is 2. The highest BCUT2D eigenvalue weighted by molar-refractivity contribution is 7.61. The first kappa shape index (κ1) is 27.3. The third kappa shape index (κ3) is 5.58. The van der Waals surface area contributed by atoms with Gasteiger partial charge in [0.05, 0.1) is 19.5 Å². The van der Waals surface area contributed by atoms with Crippen LogP contribution in [0.4, 0.5) is 10.2 Å². The van der Waals surface area contributed by atoms with Gasteiger partial charge in [-0.1, -0.05) is 0 Å². The van der Waals surface area contributed by atoms with Crippen molar-refractivity contribution in [1.29, 1.82) is 0 Å². The summed E-state index contributed by atoms with van der Waals surface area (Å²) in [6.45, 7) is -1.88. The van der Waals surface area contributed by atoms with Crippen LogP contribution in [-0.2, 0) is 32.0 Å². The molecule has 4 rings (SSSR count). The SMILES string of the molecule is Nc1ncnc2c1ncn2[C@@H]1O[C@H](COP(=O)(O)OP(=O)(O)OC[C@H]2O[C@H](O)[C@@H](F)[C@@H]2O)[C@@H](O)[C@H]1O. The number of rotatable bonds is 9. The van der Waals surface area contributed by atoms with E-state index in [1.54, 1.807) is 0 Å². The van der Waals surface area contributed by atoms with Gasteiger partial charge in [0.15, 0.2) is 30.2 Å². The number of imidazole rings is 1. The van der Waals surface area contributed by atoms with Gasteiger partial charge in [0, 0.05) is 0 Å². The molecule has 0 aromatic carbocycles. The Kier molecular flexibility index (Phi) is 7.76. The Morgan fingerprint density at radius 2 is 1.58 bits per heavy atom. The number of nitrogens with two attached hydrogens (primary N) is 1. The van der Waals surface area contributed by atoms with Gasteiger partial charge in [0.1, 0.15) is 42.4 Å². The van der Waals surface area contributed by atoms with E-state index in [-0.39, 0.29) is 17.0 Å². The molecule has 2 fully saturated rings. The summed E-state index contributed by atoms with van der Waals surface area (Å²) in [5, 5.41) is 39.3. The van der Waals surface area contributed by atoms with E-state index in [1.165, 1.54) is 10.9 Å². The molecule has 21 heteroatoms. The maximum absolute atomic E-state index is 13.4. The van der Waals surface area contributed by atoms with E-state index in [1.807, 2.05) is 0 Å². The molecule has 0 radical (unpaired) electrons. The number of aromatic nitrogens is 4. The summed E-state index contributed by atoms with van der Waals surface area (Å²) in [5.74, 6) is 0.0513. The number of phosphoric ester groups is 2. The molecular formula is C15H22FN5O13P2. The lowest BCUT2D eigenvalue weighted by molar-refractivity contribution is -0.120. The fraction of sp³-hybridized carbons (Fsp3) is 0.667. The van der Waals surface area contributed by atoms with Crippen molar-refractivity contribution in [3.8, 4) is 0 Å². The van der Waals surface area contributed by atoms with Crippen LogP contribution in [-0.4, -0.2) is 106 Å². The smallest absolute Gasteiger partial charge is 0.387 e. The van der Waals surface area contributed by atoms with E-state index in [0.29, 0.717) is 0 Å². The van der Waals surface area contributed by atoms with Crippen LogP contribution in [0.3, 0.4) is 0 Å². The summed E-state index contributed by atoms with van der Waals surface area (Å²) < 4.78 is 61.9. The number of ether oxygens (including phenoxy) is 2. The third-order valence-electron chi connectivity index (χ3n) is 5.30. The van der Waals surface area contributed by atoms with E-state index in [9.17, 15) is 38.6 Å². The van der Waals surface area contributed by atoms with Crippen molar-refractivity contribution in [1.82, 2.24) is 19.5 Å². The van der Waals surface area contributed by atoms with Crippen LogP contribution in [0.1, 0.15) is 6.23 Å². The summed E-state index contributed by atoms with van der Waals surface area (Å²) in [4.78, 5) is 31.2. The Morgan fingerprint density at radius 3 is 2.17 bits per heavy atom. The molecule has 10 atom stereocenters. The number of fused-ring (bicyclic) bond motifs is 1. The van der Waals surface area contributed by atoms with Crippen LogP contribution >= 0.6 is 15.6 Å². The molecule has 18 nitrogen and oxygen atoms in total. The molecule has 0 saturated carbocycles. The van der Waals surface area contributed by atoms with Crippen molar-refractivity contribution < 1.29 is 66.6 Å². The highest BCUT2D eigenvalue weighted by Crippen LogP contribution is 2.60. The van der Waals surface area contributed by atoms with Gasteiger partial charge in [-0.2, -0.15) is 4.31 Å². The predicted octanol–water partition coefficient (Wildman–Crippen LogP) is -2.31. The number of nitrogens with zero attached hydrogens (tertiary/aromatic N) is 4. The molecule has 0 amide bonds. The lowest BCUT2D eigenvalue weighted by Crippen LogP contribution is -2.33. The van der Waals surface area contributed by atoms with Crippen molar-refractivity contribution in [2.24, 2.45) is 0 Å². The first-order chi connectivity index (χ1) is 16.8. The average Bonchev–Trinajstić information content (AvgIpc) is 3.42. The summed E-state index contributed by atoms with van der Waals surface area (Å²) in [6.07, 6.45) is -11.2. The van der Waals surface area contributed by atoms with E-state index < -0.39 is 78.1 Å². The minimum absolute atomic E-state index is 0.0513. The highest BCUT2D eigenvalue weighted by atomic mass is 31.3. The van der Waals surface area contributed by atoms with Gasteiger partial charge in [-0.25, -0.2) is 28.5 Å². The second-order valence-corrected chi connectivity index (χ2v) is 10.8. The number of hydrogen-bond acceptors (Lipinski definition) is 15. The maximum atomic E-state index is 13.4. The van der Waals surface area contributed by atoms with Gasteiger partial charge in [-0.3, -0.25) is 13.6 Å². The Morgan fingerprint density at radius 1 is 0.972 bits per heavy atom. The zero-order valence-electron chi connectivity index (χ0n) is 17.9. The van der Waals surface area contributed by atoms with Crippen molar-refractivity contribution >= 4 is 32.6 Å². The Bertz CT molecular complexity index is 1190. The van der Waals surface area contributed by atoms with E-state index in [4.69, 9.17) is 15.6 Å². The molecule has 0 bridgehead atoms. The normalized spacial score (nSPS) is 36.2. The van der Waals surface area contributed by atoms with E-state index >= 15 is 0 Å². The molecule has 2 aliphatic rings.